The van der Waals surface area contributed by atoms with Crippen LogP contribution in [-0.4, -0.2) is 11.6 Å². The van der Waals surface area contributed by atoms with E-state index in [0.717, 1.165) is 16.7 Å². The average Bonchev–Trinajstić information content (AvgIpc) is 2.50. The third-order valence-corrected chi connectivity index (χ3v) is 2.98. The minimum Gasteiger partial charge on any atom is -0.295 e. The molecule has 0 amide bonds. The summed E-state index contributed by atoms with van der Waals surface area (Å²) in [4.78, 5) is 21.6. The molecule has 0 heterocycles. The molecular formula is C20H26O2. The Morgan fingerprint density at radius 2 is 1.23 bits per heavy atom. The summed E-state index contributed by atoms with van der Waals surface area (Å²) in [7, 11) is 0. The quantitative estimate of drug-likeness (QED) is 0.693. The van der Waals surface area contributed by atoms with Crippen molar-refractivity contribution in [2.24, 2.45) is 0 Å². The molecule has 0 atom stereocenters. The molecule has 0 aliphatic carbocycles. The molecule has 0 saturated carbocycles. The molecule has 0 saturated heterocycles. The minimum atomic E-state index is 0.125. The van der Waals surface area contributed by atoms with Gasteiger partial charge >= 0.3 is 0 Å². The van der Waals surface area contributed by atoms with Gasteiger partial charge in [0.15, 0.2) is 11.6 Å². The topological polar surface area (TPSA) is 34.1 Å². The predicted molar refractivity (Wildman–Crippen MR) is 93.7 cm³/mol. The highest BCUT2D eigenvalue weighted by atomic mass is 16.1. The predicted octanol–water partition coefficient (Wildman–Crippen LogP) is 5.42. The SMILES string of the molecule is CC.CC(=O)c1ccc(C)cc1.CC(=O)c1ccccc1C. The van der Waals surface area contributed by atoms with Crippen molar-refractivity contribution >= 4 is 11.6 Å². The third kappa shape index (κ3) is 6.98. The van der Waals surface area contributed by atoms with Gasteiger partial charge in [0.2, 0.25) is 0 Å². The normalized spacial score (nSPS) is 8.82. The highest BCUT2D eigenvalue weighted by Crippen LogP contribution is 2.06. The fourth-order valence-corrected chi connectivity index (χ4v) is 1.76. The molecule has 0 aliphatic rings. The summed E-state index contributed by atoms with van der Waals surface area (Å²) < 4.78 is 0. The van der Waals surface area contributed by atoms with Crippen molar-refractivity contribution in [3.05, 3.63) is 70.8 Å². The molecule has 0 bridgehead atoms. The van der Waals surface area contributed by atoms with Gasteiger partial charge < -0.3 is 0 Å². The molecule has 2 aromatic rings. The van der Waals surface area contributed by atoms with E-state index in [2.05, 4.69) is 0 Å². The van der Waals surface area contributed by atoms with E-state index in [1.54, 1.807) is 13.8 Å². The lowest BCUT2D eigenvalue weighted by Crippen LogP contribution is -1.93. The van der Waals surface area contributed by atoms with Crippen LogP contribution in [0.3, 0.4) is 0 Å². The zero-order valence-electron chi connectivity index (χ0n) is 14.4. The molecule has 0 radical (unpaired) electrons. The molecular weight excluding hydrogens is 272 g/mol. The third-order valence-electron chi connectivity index (χ3n) is 2.98. The van der Waals surface area contributed by atoms with Crippen molar-refractivity contribution < 1.29 is 9.59 Å². The van der Waals surface area contributed by atoms with Gasteiger partial charge in [0.25, 0.3) is 0 Å². The monoisotopic (exact) mass is 298 g/mol. The summed E-state index contributed by atoms with van der Waals surface area (Å²) in [5, 5.41) is 0. The van der Waals surface area contributed by atoms with Crippen molar-refractivity contribution in [1.29, 1.82) is 0 Å². The number of Topliss-reactive ketones (excluding diaryl/α,β-unsaturated/α-hetero) is 2. The van der Waals surface area contributed by atoms with Gasteiger partial charge in [0.1, 0.15) is 0 Å². The van der Waals surface area contributed by atoms with Crippen LogP contribution >= 0.6 is 0 Å². The van der Waals surface area contributed by atoms with E-state index in [1.807, 2.05) is 76.2 Å². The van der Waals surface area contributed by atoms with Gasteiger partial charge in [-0.15, -0.1) is 0 Å². The lowest BCUT2D eigenvalue weighted by molar-refractivity contribution is 0.100. The molecule has 22 heavy (non-hydrogen) atoms. The molecule has 0 aromatic heterocycles. The van der Waals surface area contributed by atoms with Crippen molar-refractivity contribution in [2.45, 2.75) is 41.5 Å². The summed E-state index contributed by atoms with van der Waals surface area (Å²) in [6.07, 6.45) is 0. The molecule has 0 fully saturated rings. The van der Waals surface area contributed by atoms with E-state index >= 15 is 0 Å². The van der Waals surface area contributed by atoms with Crippen molar-refractivity contribution in [3.63, 3.8) is 0 Å². The minimum absolute atomic E-state index is 0.125. The zero-order chi connectivity index (χ0) is 17.1. The first-order chi connectivity index (χ1) is 10.4. The van der Waals surface area contributed by atoms with Gasteiger partial charge in [0.05, 0.1) is 0 Å². The number of carbonyl (C=O) groups excluding carboxylic acids is 2. The van der Waals surface area contributed by atoms with Crippen LogP contribution < -0.4 is 0 Å². The van der Waals surface area contributed by atoms with Gasteiger partial charge in [-0.05, 0) is 33.3 Å². The highest BCUT2D eigenvalue weighted by Gasteiger charge is 1.99. The smallest absolute Gasteiger partial charge is 0.160 e. The number of hydrogen-bond acceptors (Lipinski definition) is 2. The maximum Gasteiger partial charge on any atom is 0.160 e. The van der Waals surface area contributed by atoms with E-state index in [9.17, 15) is 9.59 Å². The molecule has 2 heteroatoms. The van der Waals surface area contributed by atoms with Gasteiger partial charge in [-0.25, -0.2) is 0 Å². The number of carbonyl (C=O) groups is 2. The van der Waals surface area contributed by atoms with Crippen LogP contribution in [0.2, 0.25) is 0 Å². The van der Waals surface area contributed by atoms with Crippen molar-refractivity contribution in [2.75, 3.05) is 0 Å². The summed E-state index contributed by atoms with van der Waals surface area (Å²) in [5.41, 5.74) is 3.84. The lowest BCUT2D eigenvalue weighted by Gasteiger charge is -1.97. The van der Waals surface area contributed by atoms with E-state index in [0.29, 0.717) is 0 Å². The first-order valence-corrected chi connectivity index (χ1v) is 7.56. The Hall–Kier alpha value is -2.22. The second-order valence-electron chi connectivity index (χ2n) is 4.79. The van der Waals surface area contributed by atoms with E-state index in [4.69, 9.17) is 0 Å². The number of aryl methyl sites for hydroxylation is 2. The molecule has 0 spiro atoms. The summed E-state index contributed by atoms with van der Waals surface area (Å²) >= 11 is 0. The Bertz CT molecular complexity index is 595. The fourth-order valence-electron chi connectivity index (χ4n) is 1.76. The maximum atomic E-state index is 10.9. The molecule has 2 rings (SSSR count). The van der Waals surface area contributed by atoms with Crippen LogP contribution in [0, 0.1) is 13.8 Å². The molecule has 2 aromatic carbocycles. The Kier molecular flexibility index (Phi) is 9.44. The Morgan fingerprint density at radius 3 is 1.59 bits per heavy atom. The van der Waals surface area contributed by atoms with E-state index in [1.165, 1.54) is 5.56 Å². The van der Waals surface area contributed by atoms with Gasteiger partial charge in [-0.1, -0.05) is 67.9 Å². The molecule has 0 N–H and O–H groups in total. The Morgan fingerprint density at radius 1 is 0.727 bits per heavy atom. The fraction of sp³-hybridized carbons (Fsp3) is 0.300. The second-order valence-corrected chi connectivity index (χ2v) is 4.79. The van der Waals surface area contributed by atoms with Crippen LogP contribution in [0.5, 0.6) is 0 Å². The van der Waals surface area contributed by atoms with Crippen LogP contribution in [0.25, 0.3) is 0 Å². The van der Waals surface area contributed by atoms with Gasteiger partial charge in [0, 0.05) is 11.1 Å². The van der Waals surface area contributed by atoms with Gasteiger partial charge in [-0.2, -0.15) is 0 Å². The molecule has 0 unspecified atom stereocenters. The molecule has 0 aliphatic heterocycles. The van der Waals surface area contributed by atoms with Crippen LogP contribution in [0.1, 0.15) is 59.5 Å². The number of ketones is 2. The first-order valence-electron chi connectivity index (χ1n) is 7.56. The lowest BCUT2D eigenvalue weighted by atomic mass is 10.1. The first kappa shape index (κ1) is 19.8. The summed E-state index contributed by atoms with van der Waals surface area (Å²) in [6, 6.07) is 15.2. The van der Waals surface area contributed by atoms with Crippen LogP contribution in [0.15, 0.2) is 48.5 Å². The molecule has 2 nitrogen and oxygen atoms in total. The Labute approximate surface area is 134 Å². The van der Waals surface area contributed by atoms with Crippen molar-refractivity contribution in [1.82, 2.24) is 0 Å². The highest BCUT2D eigenvalue weighted by molar-refractivity contribution is 5.95. The van der Waals surface area contributed by atoms with E-state index in [-0.39, 0.29) is 11.6 Å². The molecule has 118 valence electrons. The second kappa shape index (κ2) is 10.5. The van der Waals surface area contributed by atoms with Gasteiger partial charge in [-0.3, -0.25) is 9.59 Å². The number of rotatable bonds is 2. The van der Waals surface area contributed by atoms with E-state index < -0.39 is 0 Å². The number of benzene rings is 2. The van der Waals surface area contributed by atoms with Crippen molar-refractivity contribution in [3.8, 4) is 0 Å². The Balaban J connectivity index is 0.000000360. The largest absolute Gasteiger partial charge is 0.295 e. The zero-order valence-corrected chi connectivity index (χ0v) is 14.4. The summed E-state index contributed by atoms with van der Waals surface area (Å²) in [6.45, 7) is 11.1. The maximum absolute atomic E-state index is 10.9. The standard InChI is InChI=1S/2C9H10O.C2H6/c1-7-3-5-9(6-4-7)8(2)10;1-7-5-3-4-6-9(7)8(2)10;1-2/h2*3-6H,1-2H3;1-2H3. The van der Waals surface area contributed by atoms with Crippen LogP contribution in [0.4, 0.5) is 0 Å². The average molecular weight is 298 g/mol. The number of hydrogen-bond donors (Lipinski definition) is 0. The van der Waals surface area contributed by atoms with Crippen LogP contribution in [-0.2, 0) is 0 Å². The summed E-state index contributed by atoms with van der Waals surface area (Å²) in [5.74, 6) is 0.262.